The monoisotopic (exact) mass is 182 g/mol. The molecule has 66 valence electrons. The van der Waals surface area contributed by atoms with Crippen molar-refractivity contribution in [2.24, 2.45) is 5.73 Å². The van der Waals surface area contributed by atoms with Crippen LogP contribution in [0.15, 0.2) is 5.38 Å². The van der Waals surface area contributed by atoms with Gasteiger partial charge in [-0.25, -0.2) is 4.98 Å². The van der Waals surface area contributed by atoms with E-state index >= 15 is 0 Å². The SMILES string of the molecule is CCCc1nc(C2(N)CC2)cs1. The molecule has 1 heterocycles. The van der Waals surface area contributed by atoms with Crippen LogP contribution in [0.5, 0.6) is 0 Å². The van der Waals surface area contributed by atoms with Crippen molar-refractivity contribution in [2.45, 2.75) is 38.1 Å². The molecule has 1 fully saturated rings. The lowest BCUT2D eigenvalue weighted by atomic mass is 10.2. The van der Waals surface area contributed by atoms with E-state index in [1.54, 1.807) is 11.3 Å². The van der Waals surface area contributed by atoms with Crippen molar-refractivity contribution in [3.63, 3.8) is 0 Å². The van der Waals surface area contributed by atoms with Gasteiger partial charge in [-0.2, -0.15) is 0 Å². The highest BCUT2D eigenvalue weighted by Gasteiger charge is 2.42. The van der Waals surface area contributed by atoms with Gasteiger partial charge in [-0.1, -0.05) is 6.92 Å². The lowest BCUT2D eigenvalue weighted by Gasteiger charge is -2.01. The molecule has 0 atom stereocenters. The standard InChI is InChI=1S/C9H14N2S/c1-2-3-8-11-7(6-12-8)9(10)4-5-9/h6H,2-5,10H2,1H3. The molecule has 0 saturated heterocycles. The van der Waals surface area contributed by atoms with Crippen LogP contribution in [-0.4, -0.2) is 4.98 Å². The van der Waals surface area contributed by atoms with Gasteiger partial charge in [0.05, 0.1) is 16.2 Å². The summed E-state index contributed by atoms with van der Waals surface area (Å²) in [5.74, 6) is 0. The van der Waals surface area contributed by atoms with Crippen LogP contribution >= 0.6 is 11.3 Å². The Labute approximate surface area is 76.8 Å². The van der Waals surface area contributed by atoms with Crippen molar-refractivity contribution in [1.29, 1.82) is 0 Å². The Morgan fingerprint density at radius 1 is 1.67 bits per heavy atom. The minimum Gasteiger partial charge on any atom is -0.320 e. The summed E-state index contributed by atoms with van der Waals surface area (Å²) in [6.07, 6.45) is 4.50. The van der Waals surface area contributed by atoms with Crippen molar-refractivity contribution in [3.8, 4) is 0 Å². The number of aryl methyl sites for hydroxylation is 1. The number of nitrogens with two attached hydrogens (primary N) is 1. The van der Waals surface area contributed by atoms with Crippen LogP contribution in [0.4, 0.5) is 0 Å². The fourth-order valence-corrected chi connectivity index (χ4v) is 2.27. The molecule has 0 amide bonds. The van der Waals surface area contributed by atoms with Crippen LogP contribution in [0.3, 0.4) is 0 Å². The molecular formula is C9H14N2S. The summed E-state index contributed by atoms with van der Waals surface area (Å²) in [4.78, 5) is 4.53. The molecule has 0 radical (unpaired) electrons. The molecule has 2 nitrogen and oxygen atoms in total. The van der Waals surface area contributed by atoms with Crippen LogP contribution < -0.4 is 5.73 Å². The zero-order valence-electron chi connectivity index (χ0n) is 7.34. The summed E-state index contributed by atoms with van der Waals surface area (Å²) in [7, 11) is 0. The fraction of sp³-hybridized carbons (Fsp3) is 0.667. The van der Waals surface area contributed by atoms with Gasteiger partial charge in [0.1, 0.15) is 0 Å². The summed E-state index contributed by atoms with van der Waals surface area (Å²) in [6.45, 7) is 2.18. The van der Waals surface area contributed by atoms with Gasteiger partial charge in [0.25, 0.3) is 0 Å². The Bertz CT molecular complexity index is 276. The molecule has 1 aromatic rings. The van der Waals surface area contributed by atoms with Gasteiger partial charge in [0, 0.05) is 5.38 Å². The number of nitrogens with zero attached hydrogens (tertiary/aromatic N) is 1. The summed E-state index contributed by atoms with van der Waals surface area (Å²) in [5, 5.41) is 3.36. The second kappa shape index (κ2) is 2.82. The van der Waals surface area contributed by atoms with Gasteiger partial charge in [-0.3, -0.25) is 0 Å². The van der Waals surface area contributed by atoms with E-state index in [-0.39, 0.29) is 5.54 Å². The van der Waals surface area contributed by atoms with Crippen molar-refractivity contribution in [3.05, 3.63) is 16.1 Å². The Morgan fingerprint density at radius 2 is 2.42 bits per heavy atom. The Kier molecular flexibility index (Phi) is 1.93. The van der Waals surface area contributed by atoms with E-state index in [1.807, 2.05) is 0 Å². The first-order valence-corrected chi connectivity index (χ1v) is 5.36. The van der Waals surface area contributed by atoms with Crippen LogP contribution in [0.25, 0.3) is 0 Å². The van der Waals surface area contributed by atoms with E-state index in [0.29, 0.717) is 0 Å². The van der Waals surface area contributed by atoms with E-state index in [0.717, 1.165) is 25.0 Å². The smallest absolute Gasteiger partial charge is 0.0929 e. The third-order valence-corrected chi connectivity index (χ3v) is 3.22. The number of thiazole rings is 1. The normalized spacial score (nSPS) is 19.5. The second-order valence-corrected chi connectivity index (χ2v) is 4.48. The van der Waals surface area contributed by atoms with Crippen LogP contribution in [-0.2, 0) is 12.0 Å². The van der Waals surface area contributed by atoms with Crippen molar-refractivity contribution in [1.82, 2.24) is 4.98 Å². The maximum absolute atomic E-state index is 6.02. The minimum atomic E-state index is -0.0392. The van der Waals surface area contributed by atoms with Gasteiger partial charge in [-0.15, -0.1) is 11.3 Å². The highest BCUT2D eigenvalue weighted by Crippen LogP contribution is 2.42. The average Bonchev–Trinajstić information content (AvgIpc) is 2.64. The molecule has 12 heavy (non-hydrogen) atoms. The van der Waals surface area contributed by atoms with Crippen LogP contribution in [0, 0.1) is 0 Å². The topological polar surface area (TPSA) is 38.9 Å². The molecule has 0 spiro atoms. The zero-order chi connectivity index (χ0) is 8.60. The molecule has 1 aliphatic carbocycles. The summed E-state index contributed by atoms with van der Waals surface area (Å²) in [6, 6.07) is 0. The second-order valence-electron chi connectivity index (χ2n) is 3.53. The van der Waals surface area contributed by atoms with E-state index in [9.17, 15) is 0 Å². The third kappa shape index (κ3) is 1.39. The van der Waals surface area contributed by atoms with Gasteiger partial charge in [-0.05, 0) is 25.7 Å². The van der Waals surface area contributed by atoms with Gasteiger partial charge >= 0.3 is 0 Å². The fourth-order valence-electron chi connectivity index (χ4n) is 1.26. The van der Waals surface area contributed by atoms with Crippen molar-refractivity contribution in [2.75, 3.05) is 0 Å². The number of aromatic nitrogens is 1. The third-order valence-electron chi connectivity index (χ3n) is 2.31. The van der Waals surface area contributed by atoms with E-state index in [1.165, 1.54) is 11.4 Å². The lowest BCUT2D eigenvalue weighted by Crippen LogP contribution is -2.19. The number of hydrogen-bond donors (Lipinski definition) is 1. The minimum absolute atomic E-state index is 0.0392. The Morgan fingerprint density at radius 3 is 3.00 bits per heavy atom. The molecule has 1 aromatic heterocycles. The van der Waals surface area contributed by atoms with E-state index in [4.69, 9.17) is 5.73 Å². The van der Waals surface area contributed by atoms with Gasteiger partial charge < -0.3 is 5.73 Å². The quantitative estimate of drug-likeness (QED) is 0.777. The lowest BCUT2D eigenvalue weighted by molar-refractivity contribution is 0.708. The Balaban J connectivity index is 2.13. The average molecular weight is 182 g/mol. The molecule has 3 heteroatoms. The first-order valence-electron chi connectivity index (χ1n) is 4.48. The summed E-state index contributed by atoms with van der Waals surface area (Å²) < 4.78 is 0. The molecule has 1 saturated carbocycles. The maximum Gasteiger partial charge on any atom is 0.0929 e. The van der Waals surface area contributed by atoms with E-state index in [2.05, 4.69) is 17.3 Å². The predicted molar refractivity (Wildman–Crippen MR) is 51.2 cm³/mol. The first kappa shape index (κ1) is 8.20. The van der Waals surface area contributed by atoms with Crippen LogP contribution in [0.1, 0.15) is 36.9 Å². The highest BCUT2D eigenvalue weighted by atomic mass is 32.1. The first-order chi connectivity index (χ1) is 5.74. The zero-order valence-corrected chi connectivity index (χ0v) is 8.16. The maximum atomic E-state index is 6.02. The molecule has 0 aliphatic heterocycles. The predicted octanol–water partition coefficient (Wildman–Crippen LogP) is 2.04. The molecule has 0 aromatic carbocycles. The molecule has 2 N–H and O–H groups in total. The summed E-state index contributed by atoms with van der Waals surface area (Å²) in [5.41, 5.74) is 7.10. The molecule has 0 bridgehead atoms. The summed E-state index contributed by atoms with van der Waals surface area (Å²) >= 11 is 1.75. The number of hydrogen-bond acceptors (Lipinski definition) is 3. The molecule has 0 unspecified atom stereocenters. The highest BCUT2D eigenvalue weighted by molar-refractivity contribution is 7.09. The molecule has 2 rings (SSSR count). The van der Waals surface area contributed by atoms with Crippen molar-refractivity contribution < 1.29 is 0 Å². The number of rotatable bonds is 3. The van der Waals surface area contributed by atoms with Gasteiger partial charge in [0.2, 0.25) is 0 Å². The van der Waals surface area contributed by atoms with E-state index < -0.39 is 0 Å². The van der Waals surface area contributed by atoms with Crippen LogP contribution in [0.2, 0.25) is 0 Å². The van der Waals surface area contributed by atoms with Gasteiger partial charge in [0.15, 0.2) is 0 Å². The molecular weight excluding hydrogens is 168 g/mol. The molecule has 1 aliphatic rings. The largest absolute Gasteiger partial charge is 0.320 e. The Hall–Kier alpha value is -0.410. The van der Waals surface area contributed by atoms with Crippen molar-refractivity contribution >= 4 is 11.3 Å².